The molecule has 0 saturated carbocycles. The quantitative estimate of drug-likeness (QED) is 0.675. The van der Waals surface area contributed by atoms with Gasteiger partial charge in [-0.15, -0.1) is 0 Å². The minimum atomic E-state index is -0.532. The molecular formula is C12H10N2O2. The Balaban J connectivity index is 2.53. The third-order valence-corrected chi connectivity index (χ3v) is 2.72. The molecule has 2 heterocycles. The van der Waals surface area contributed by atoms with Crippen LogP contribution >= 0.6 is 0 Å². The molecule has 0 aliphatic heterocycles. The van der Waals surface area contributed by atoms with Crippen LogP contribution in [0.3, 0.4) is 0 Å². The molecule has 3 aromatic rings. The molecule has 0 saturated heterocycles. The summed E-state index contributed by atoms with van der Waals surface area (Å²) in [5.41, 5.74) is 2.34. The monoisotopic (exact) mass is 214 g/mol. The van der Waals surface area contributed by atoms with Gasteiger partial charge in [-0.05, 0) is 18.6 Å². The number of benzene rings is 1. The second kappa shape index (κ2) is 3.20. The number of hydrogen-bond donors (Lipinski definition) is 1. The Morgan fingerprint density at radius 3 is 3.12 bits per heavy atom. The number of fused-ring (bicyclic) bond motifs is 2. The molecule has 1 N–H and O–H groups in total. The van der Waals surface area contributed by atoms with Gasteiger partial charge in [0.05, 0.1) is 5.69 Å². The first kappa shape index (κ1) is 9.15. The van der Waals surface area contributed by atoms with Crippen molar-refractivity contribution in [1.82, 2.24) is 9.97 Å². The van der Waals surface area contributed by atoms with Crippen LogP contribution in [0.5, 0.6) is 0 Å². The van der Waals surface area contributed by atoms with Gasteiger partial charge in [-0.3, -0.25) is 0 Å². The van der Waals surface area contributed by atoms with Crippen LogP contribution in [0.1, 0.15) is 12.6 Å². The molecule has 0 radical (unpaired) electrons. The van der Waals surface area contributed by atoms with E-state index < -0.39 is 5.76 Å². The fraction of sp³-hybridized carbons (Fsp3) is 0.167. The highest BCUT2D eigenvalue weighted by atomic mass is 16.4. The highest BCUT2D eigenvalue weighted by Crippen LogP contribution is 2.22. The van der Waals surface area contributed by atoms with Crippen LogP contribution in [0, 0.1) is 0 Å². The zero-order valence-corrected chi connectivity index (χ0v) is 8.78. The van der Waals surface area contributed by atoms with Gasteiger partial charge in [-0.1, -0.05) is 6.92 Å². The van der Waals surface area contributed by atoms with E-state index >= 15 is 0 Å². The molecule has 3 rings (SSSR count). The van der Waals surface area contributed by atoms with Crippen LogP contribution in [0.2, 0.25) is 0 Å². The zero-order valence-electron chi connectivity index (χ0n) is 8.78. The molecule has 1 aromatic carbocycles. The number of aromatic nitrogens is 2. The third-order valence-electron chi connectivity index (χ3n) is 2.72. The van der Waals surface area contributed by atoms with E-state index in [2.05, 4.69) is 9.97 Å². The Labute approximate surface area is 90.9 Å². The van der Waals surface area contributed by atoms with Gasteiger partial charge in [0.25, 0.3) is 0 Å². The molecule has 2 aromatic heterocycles. The maximum atomic E-state index is 11.2. The smallest absolute Gasteiger partial charge is 0.408 e. The van der Waals surface area contributed by atoms with E-state index in [0.29, 0.717) is 5.58 Å². The number of hydrogen-bond acceptors (Lipinski definition) is 3. The summed E-state index contributed by atoms with van der Waals surface area (Å²) >= 11 is 0. The third kappa shape index (κ3) is 1.23. The molecular weight excluding hydrogens is 204 g/mol. The summed E-state index contributed by atoms with van der Waals surface area (Å²) in [6, 6.07) is 5.82. The predicted molar refractivity (Wildman–Crippen MR) is 61.5 cm³/mol. The number of rotatable bonds is 1. The average Bonchev–Trinajstić information content (AvgIpc) is 2.72. The summed E-state index contributed by atoms with van der Waals surface area (Å²) in [4.78, 5) is 18.2. The molecule has 0 unspecified atom stereocenters. The SMILES string of the molecule is CCc1nc(=O)oc2cc3[nH]ccc3cc12. The van der Waals surface area contributed by atoms with E-state index in [1.807, 2.05) is 31.3 Å². The van der Waals surface area contributed by atoms with Gasteiger partial charge in [-0.25, -0.2) is 4.79 Å². The highest BCUT2D eigenvalue weighted by Gasteiger charge is 2.07. The van der Waals surface area contributed by atoms with Gasteiger partial charge in [0.1, 0.15) is 5.58 Å². The lowest BCUT2D eigenvalue weighted by molar-refractivity contribution is 0.527. The first-order valence-corrected chi connectivity index (χ1v) is 5.19. The van der Waals surface area contributed by atoms with Crippen LogP contribution < -0.4 is 5.76 Å². The van der Waals surface area contributed by atoms with Gasteiger partial charge in [0.2, 0.25) is 0 Å². The van der Waals surface area contributed by atoms with Gasteiger partial charge in [0.15, 0.2) is 0 Å². The number of nitrogens with one attached hydrogen (secondary N) is 1. The Morgan fingerprint density at radius 2 is 2.31 bits per heavy atom. The summed E-state index contributed by atoms with van der Waals surface area (Å²) in [6.45, 7) is 1.97. The van der Waals surface area contributed by atoms with Crippen molar-refractivity contribution in [1.29, 1.82) is 0 Å². The summed E-state index contributed by atoms with van der Waals surface area (Å²) in [6.07, 6.45) is 2.58. The van der Waals surface area contributed by atoms with E-state index in [0.717, 1.165) is 28.4 Å². The molecule has 80 valence electrons. The first-order valence-electron chi connectivity index (χ1n) is 5.19. The fourth-order valence-electron chi connectivity index (χ4n) is 1.95. The van der Waals surface area contributed by atoms with Crippen LogP contribution in [-0.4, -0.2) is 9.97 Å². The Morgan fingerprint density at radius 1 is 1.44 bits per heavy atom. The van der Waals surface area contributed by atoms with E-state index in [4.69, 9.17) is 4.42 Å². The summed E-state index contributed by atoms with van der Waals surface area (Å²) in [5.74, 6) is -0.532. The van der Waals surface area contributed by atoms with E-state index in [-0.39, 0.29) is 0 Å². The molecule has 0 aliphatic rings. The summed E-state index contributed by atoms with van der Waals surface area (Å²) in [7, 11) is 0. The van der Waals surface area contributed by atoms with Crippen LogP contribution in [0.15, 0.2) is 33.6 Å². The number of H-pyrrole nitrogens is 1. The minimum absolute atomic E-state index is 0.532. The van der Waals surface area contributed by atoms with Gasteiger partial charge >= 0.3 is 5.76 Å². The van der Waals surface area contributed by atoms with Crippen LogP contribution in [-0.2, 0) is 6.42 Å². The molecule has 0 spiro atoms. The summed E-state index contributed by atoms with van der Waals surface area (Å²) in [5, 5.41) is 2.01. The van der Waals surface area contributed by atoms with E-state index in [1.165, 1.54) is 0 Å². The molecule has 0 bridgehead atoms. The predicted octanol–water partition coefficient (Wildman–Crippen LogP) is 2.23. The Hall–Kier alpha value is -2.10. The molecule has 4 nitrogen and oxygen atoms in total. The van der Waals surface area contributed by atoms with Crippen molar-refractivity contribution in [3.05, 3.63) is 40.6 Å². The lowest BCUT2D eigenvalue weighted by Gasteiger charge is -2.01. The lowest BCUT2D eigenvalue weighted by atomic mass is 10.1. The second-order valence-corrected chi connectivity index (χ2v) is 3.69. The van der Waals surface area contributed by atoms with Gasteiger partial charge < -0.3 is 9.40 Å². The molecule has 4 heteroatoms. The minimum Gasteiger partial charge on any atom is -0.408 e. The van der Waals surface area contributed by atoms with Gasteiger partial charge in [0, 0.05) is 28.6 Å². The van der Waals surface area contributed by atoms with E-state index in [9.17, 15) is 4.79 Å². The summed E-state index contributed by atoms with van der Waals surface area (Å²) < 4.78 is 5.09. The lowest BCUT2D eigenvalue weighted by Crippen LogP contribution is -2.07. The molecule has 16 heavy (non-hydrogen) atoms. The van der Waals surface area contributed by atoms with Crippen molar-refractivity contribution in [3.63, 3.8) is 0 Å². The van der Waals surface area contributed by atoms with Crippen LogP contribution in [0.4, 0.5) is 0 Å². The van der Waals surface area contributed by atoms with Crippen molar-refractivity contribution in [2.24, 2.45) is 0 Å². The van der Waals surface area contributed by atoms with Crippen molar-refractivity contribution in [3.8, 4) is 0 Å². The molecule has 0 aliphatic carbocycles. The topological polar surface area (TPSA) is 58.9 Å². The van der Waals surface area contributed by atoms with Crippen molar-refractivity contribution < 1.29 is 4.42 Å². The van der Waals surface area contributed by atoms with Crippen molar-refractivity contribution >= 4 is 21.9 Å². The molecule has 0 atom stereocenters. The average molecular weight is 214 g/mol. The number of nitrogens with zero attached hydrogens (tertiary/aromatic N) is 1. The standard InChI is InChI=1S/C12H10N2O2/c1-2-9-8-5-7-3-4-13-10(7)6-11(8)16-12(15)14-9/h3-6,13H,2H2,1H3. The first-order chi connectivity index (χ1) is 7.78. The number of aromatic amines is 1. The number of aryl methyl sites for hydroxylation is 1. The van der Waals surface area contributed by atoms with Crippen molar-refractivity contribution in [2.75, 3.05) is 0 Å². The van der Waals surface area contributed by atoms with Crippen LogP contribution in [0.25, 0.3) is 21.9 Å². The Kier molecular flexibility index (Phi) is 1.83. The fourth-order valence-corrected chi connectivity index (χ4v) is 1.95. The van der Waals surface area contributed by atoms with Crippen molar-refractivity contribution in [2.45, 2.75) is 13.3 Å². The molecule has 0 amide bonds. The largest absolute Gasteiger partial charge is 0.439 e. The van der Waals surface area contributed by atoms with Gasteiger partial charge in [-0.2, -0.15) is 4.98 Å². The maximum absolute atomic E-state index is 11.2. The highest BCUT2D eigenvalue weighted by molar-refractivity contribution is 5.94. The van der Waals surface area contributed by atoms with E-state index in [1.54, 1.807) is 0 Å². The normalized spacial score (nSPS) is 11.3. The zero-order chi connectivity index (χ0) is 11.1. The molecule has 0 fully saturated rings. The maximum Gasteiger partial charge on any atom is 0.439 e. The second-order valence-electron chi connectivity index (χ2n) is 3.69. The Bertz CT molecular complexity index is 725.